The van der Waals surface area contributed by atoms with E-state index in [0.717, 1.165) is 5.56 Å². The summed E-state index contributed by atoms with van der Waals surface area (Å²) in [6.45, 7) is 3.87. The molecule has 0 unspecified atom stereocenters. The van der Waals surface area contributed by atoms with Gasteiger partial charge in [0.15, 0.2) is 5.76 Å². The van der Waals surface area contributed by atoms with Crippen molar-refractivity contribution in [3.63, 3.8) is 0 Å². The first kappa shape index (κ1) is 14.1. The molecule has 1 aromatic heterocycles. The van der Waals surface area contributed by atoms with Crippen molar-refractivity contribution < 1.29 is 13.5 Å². The van der Waals surface area contributed by atoms with E-state index >= 15 is 0 Å². The van der Waals surface area contributed by atoms with E-state index in [4.69, 9.17) is 0 Å². The molecule has 0 radical (unpaired) electrons. The summed E-state index contributed by atoms with van der Waals surface area (Å²) in [7, 11) is -3.79. The Morgan fingerprint density at radius 2 is 2.05 bits per heavy atom. The van der Waals surface area contributed by atoms with Crippen molar-refractivity contribution in [3.8, 4) is 0 Å². The van der Waals surface area contributed by atoms with Gasteiger partial charge in [0.25, 0.3) is 10.0 Å². The molecular formula is C14H14N2O3S2. The van der Waals surface area contributed by atoms with Crippen LogP contribution in [-0.2, 0) is 10.0 Å². The standard InChI is InChI=1S/C14H14N2O3S2/c1-3-16-14-11(15-8-20-14)12(17)13(21(16,18)19)10-7-5-4-6-9(10)2/h4-8,17H,3H2,1-2H3. The predicted molar refractivity (Wildman–Crippen MR) is 84.7 cm³/mol. The van der Waals surface area contributed by atoms with Crippen molar-refractivity contribution in [1.29, 1.82) is 0 Å². The highest BCUT2D eigenvalue weighted by Crippen LogP contribution is 2.44. The van der Waals surface area contributed by atoms with E-state index in [1.165, 1.54) is 15.6 Å². The van der Waals surface area contributed by atoms with Crippen LogP contribution in [0.4, 0.5) is 5.00 Å². The van der Waals surface area contributed by atoms with Crippen LogP contribution in [-0.4, -0.2) is 25.1 Å². The summed E-state index contributed by atoms with van der Waals surface area (Å²) in [5, 5.41) is 10.9. The van der Waals surface area contributed by atoms with Crippen LogP contribution in [0.1, 0.15) is 23.7 Å². The summed E-state index contributed by atoms with van der Waals surface area (Å²) in [5.74, 6) is -0.273. The molecule has 1 aliphatic rings. The van der Waals surface area contributed by atoms with Crippen LogP contribution in [0.3, 0.4) is 0 Å². The number of aliphatic hydroxyl groups excluding tert-OH is 1. The van der Waals surface area contributed by atoms with E-state index in [2.05, 4.69) is 4.98 Å². The Balaban J connectivity index is 2.38. The number of anilines is 1. The SMILES string of the molecule is CCN1c2scnc2C(O)=C(c2ccccc2C)S1(=O)=O. The second-order valence-corrected chi connectivity index (χ2v) is 7.30. The summed E-state index contributed by atoms with van der Waals surface area (Å²) in [6, 6.07) is 7.10. The number of hydrogen-bond donors (Lipinski definition) is 1. The van der Waals surface area contributed by atoms with E-state index in [1.807, 2.05) is 19.1 Å². The molecule has 5 nitrogen and oxygen atoms in total. The smallest absolute Gasteiger partial charge is 0.269 e. The molecule has 2 aromatic rings. The summed E-state index contributed by atoms with van der Waals surface area (Å²) in [4.78, 5) is 4.04. The molecule has 0 fully saturated rings. The van der Waals surface area contributed by atoms with Crippen LogP contribution in [0.2, 0.25) is 0 Å². The Bertz CT molecular complexity index is 837. The Hall–Kier alpha value is -1.86. The number of thiazole rings is 1. The maximum atomic E-state index is 12.9. The minimum Gasteiger partial charge on any atom is -0.504 e. The van der Waals surface area contributed by atoms with Gasteiger partial charge >= 0.3 is 0 Å². The molecule has 0 atom stereocenters. The summed E-state index contributed by atoms with van der Waals surface area (Å²) in [6.07, 6.45) is 0. The monoisotopic (exact) mass is 322 g/mol. The van der Waals surface area contributed by atoms with Gasteiger partial charge in [0.1, 0.15) is 15.6 Å². The van der Waals surface area contributed by atoms with Crippen molar-refractivity contribution in [2.24, 2.45) is 0 Å². The lowest BCUT2D eigenvalue weighted by molar-refractivity contribution is 0.510. The number of fused-ring (bicyclic) bond motifs is 1. The Morgan fingerprint density at radius 3 is 2.71 bits per heavy atom. The number of aromatic nitrogens is 1. The molecule has 7 heteroatoms. The van der Waals surface area contributed by atoms with Crippen LogP contribution < -0.4 is 4.31 Å². The maximum Gasteiger partial charge on any atom is 0.269 e. The summed E-state index contributed by atoms with van der Waals surface area (Å²) >= 11 is 1.21. The number of aryl methyl sites for hydroxylation is 1. The Labute approximate surface area is 127 Å². The lowest BCUT2D eigenvalue weighted by Crippen LogP contribution is -2.34. The van der Waals surface area contributed by atoms with Gasteiger partial charge in [0.2, 0.25) is 0 Å². The number of sulfonamides is 1. The van der Waals surface area contributed by atoms with Gasteiger partial charge in [-0.3, -0.25) is 4.31 Å². The number of nitrogens with zero attached hydrogens (tertiary/aromatic N) is 2. The fraction of sp³-hybridized carbons (Fsp3) is 0.214. The van der Waals surface area contributed by atoms with Crippen molar-refractivity contribution in [1.82, 2.24) is 4.98 Å². The third kappa shape index (κ3) is 1.96. The summed E-state index contributed by atoms with van der Waals surface area (Å²) < 4.78 is 27.0. The molecular weight excluding hydrogens is 308 g/mol. The number of rotatable bonds is 2. The largest absolute Gasteiger partial charge is 0.504 e. The highest BCUT2D eigenvalue weighted by molar-refractivity contribution is 8.02. The predicted octanol–water partition coefficient (Wildman–Crippen LogP) is 3.01. The second-order valence-electron chi connectivity index (χ2n) is 4.67. The zero-order valence-electron chi connectivity index (χ0n) is 11.6. The molecule has 0 saturated heterocycles. The first-order valence-electron chi connectivity index (χ1n) is 6.44. The highest BCUT2D eigenvalue weighted by atomic mass is 32.2. The van der Waals surface area contributed by atoms with Gasteiger partial charge in [-0.1, -0.05) is 24.3 Å². The first-order chi connectivity index (χ1) is 9.98. The molecule has 110 valence electrons. The Kier molecular flexibility index (Phi) is 3.26. The van der Waals surface area contributed by atoms with Crippen LogP contribution >= 0.6 is 11.3 Å². The van der Waals surface area contributed by atoms with Gasteiger partial charge in [-0.25, -0.2) is 13.4 Å². The lowest BCUT2D eigenvalue weighted by Gasteiger charge is -2.28. The van der Waals surface area contributed by atoms with Crippen LogP contribution in [0.5, 0.6) is 0 Å². The van der Waals surface area contributed by atoms with Crippen LogP contribution in [0.25, 0.3) is 10.7 Å². The first-order valence-corrected chi connectivity index (χ1v) is 8.76. The fourth-order valence-electron chi connectivity index (χ4n) is 2.44. The fourth-order valence-corrected chi connectivity index (χ4v) is 5.34. The van der Waals surface area contributed by atoms with E-state index < -0.39 is 10.0 Å². The number of aliphatic hydroxyl groups is 1. The summed E-state index contributed by atoms with van der Waals surface area (Å²) in [5.41, 5.74) is 3.17. The van der Waals surface area contributed by atoms with Crippen molar-refractivity contribution in [2.45, 2.75) is 13.8 Å². The minimum atomic E-state index is -3.79. The van der Waals surface area contributed by atoms with E-state index in [1.54, 1.807) is 24.6 Å². The highest BCUT2D eigenvalue weighted by Gasteiger charge is 2.39. The van der Waals surface area contributed by atoms with Gasteiger partial charge in [0.05, 0.1) is 5.51 Å². The molecule has 0 amide bonds. The van der Waals surface area contributed by atoms with Gasteiger partial charge in [-0.05, 0) is 19.4 Å². The molecule has 21 heavy (non-hydrogen) atoms. The molecule has 2 heterocycles. The Morgan fingerprint density at radius 1 is 1.33 bits per heavy atom. The molecule has 0 aliphatic carbocycles. The molecule has 0 saturated carbocycles. The van der Waals surface area contributed by atoms with Gasteiger partial charge < -0.3 is 5.11 Å². The molecule has 0 bridgehead atoms. The zero-order valence-corrected chi connectivity index (χ0v) is 13.2. The second kappa shape index (κ2) is 4.85. The van der Waals surface area contributed by atoms with E-state index in [0.29, 0.717) is 22.8 Å². The molecule has 0 spiro atoms. The number of benzene rings is 1. The molecule has 3 rings (SSSR count). The average Bonchev–Trinajstić information content (AvgIpc) is 2.90. The third-order valence-corrected chi connectivity index (χ3v) is 6.35. The van der Waals surface area contributed by atoms with Crippen molar-refractivity contribution in [3.05, 3.63) is 46.6 Å². The van der Waals surface area contributed by atoms with Crippen molar-refractivity contribution >= 4 is 37.0 Å². The van der Waals surface area contributed by atoms with Gasteiger partial charge in [0, 0.05) is 12.1 Å². The maximum absolute atomic E-state index is 12.9. The minimum absolute atomic E-state index is 0.0687. The number of hydrogen-bond acceptors (Lipinski definition) is 5. The molecule has 1 aromatic carbocycles. The van der Waals surface area contributed by atoms with E-state index in [9.17, 15) is 13.5 Å². The van der Waals surface area contributed by atoms with Crippen LogP contribution in [0.15, 0.2) is 29.8 Å². The molecule has 1 N–H and O–H groups in total. The third-order valence-electron chi connectivity index (χ3n) is 3.44. The normalized spacial score (nSPS) is 17.0. The molecule has 1 aliphatic heterocycles. The lowest BCUT2D eigenvalue weighted by atomic mass is 10.1. The van der Waals surface area contributed by atoms with Crippen molar-refractivity contribution in [2.75, 3.05) is 10.8 Å². The van der Waals surface area contributed by atoms with Gasteiger partial charge in [-0.2, -0.15) is 0 Å². The average molecular weight is 322 g/mol. The zero-order chi connectivity index (χ0) is 15.2. The topological polar surface area (TPSA) is 70.5 Å². The van der Waals surface area contributed by atoms with Gasteiger partial charge in [-0.15, -0.1) is 11.3 Å². The quantitative estimate of drug-likeness (QED) is 0.922. The van der Waals surface area contributed by atoms with E-state index in [-0.39, 0.29) is 10.7 Å². The van der Waals surface area contributed by atoms with Crippen LogP contribution in [0, 0.1) is 6.92 Å².